The molecule has 108 valence electrons. The Hall–Kier alpha value is -1.77. The molecule has 3 nitrogen and oxygen atoms in total. The van der Waals surface area contributed by atoms with E-state index in [9.17, 15) is 4.79 Å². The molecule has 0 unspecified atom stereocenters. The van der Waals surface area contributed by atoms with E-state index in [4.69, 9.17) is 4.74 Å². The van der Waals surface area contributed by atoms with Crippen LogP contribution in [-0.2, 0) is 4.79 Å². The van der Waals surface area contributed by atoms with E-state index in [1.807, 2.05) is 38.4 Å². The minimum atomic E-state index is -0.142. The van der Waals surface area contributed by atoms with Gasteiger partial charge in [0.25, 0.3) is 0 Å². The van der Waals surface area contributed by atoms with Gasteiger partial charge in [-0.15, -0.1) is 0 Å². The Labute approximate surface area is 121 Å². The maximum atomic E-state index is 12.6. The second-order valence-electron chi connectivity index (χ2n) is 5.46. The molecule has 0 saturated heterocycles. The predicted molar refractivity (Wildman–Crippen MR) is 81.0 cm³/mol. The van der Waals surface area contributed by atoms with Crippen LogP contribution in [0.15, 0.2) is 35.9 Å². The van der Waals surface area contributed by atoms with E-state index in [1.54, 1.807) is 12.0 Å². The second kappa shape index (κ2) is 6.60. The summed E-state index contributed by atoms with van der Waals surface area (Å²) in [6.07, 6.45) is 6.77. The number of likely N-dealkylation sites (N-methyl/N-ethyl adjacent to an activating group) is 1. The van der Waals surface area contributed by atoms with Gasteiger partial charge in [0.2, 0.25) is 5.91 Å². The highest BCUT2D eigenvalue weighted by Crippen LogP contribution is 2.33. The molecule has 20 heavy (non-hydrogen) atoms. The van der Waals surface area contributed by atoms with E-state index < -0.39 is 0 Å². The van der Waals surface area contributed by atoms with Crippen LogP contribution in [0.25, 0.3) is 0 Å². The van der Waals surface area contributed by atoms with Crippen LogP contribution in [0.4, 0.5) is 0 Å². The highest BCUT2D eigenvalue weighted by molar-refractivity contribution is 5.86. The predicted octanol–water partition coefficient (Wildman–Crippen LogP) is 3.37. The summed E-state index contributed by atoms with van der Waals surface area (Å²) in [5.41, 5.74) is 2.32. The SMILES string of the molecule is COc1ccc([C@@H](C(=O)N(C)C)C2=CCCCC2)cc1. The van der Waals surface area contributed by atoms with Crippen LogP contribution in [0.1, 0.15) is 37.2 Å². The van der Waals surface area contributed by atoms with Gasteiger partial charge in [0.15, 0.2) is 0 Å². The number of rotatable bonds is 4. The van der Waals surface area contributed by atoms with Gasteiger partial charge in [0.05, 0.1) is 13.0 Å². The average molecular weight is 273 g/mol. The Morgan fingerprint density at radius 3 is 2.40 bits per heavy atom. The average Bonchev–Trinajstić information content (AvgIpc) is 2.49. The van der Waals surface area contributed by atoms with E-state index >= 15 is 0 Å². The minimum Gasteiger partial charge on any atom is -0.497 e. The quantitative estimate of drug-likeness (QED) is 0.787. The fourth-order valence-corrected chi connectivity index (χ4v) is 2.69. The van der Waals surface area contributed by atoms with E-state index in [0.717, 1.165) is 24.2 Å². The van der Waals surface area contributed by atoms with Crippen LogP contribution in [0.5, 0.6) is 5.75 Å². The zero-order chi connectivity index (χ0) is 14.5. The number of hydrogen-bond acceptors (Lipinski definition) is 2. The number of ether oxygens (including phenoxy) is 1. The molecule has 2 rings (SSSR count). The lowest BCUT2D eigenvalue weighted by molar-refractivity contribution is -0.129. The Kier molecular flexibility index (Phi) is 4.83. The van der Waals surface area contributed by atoms with Gasteiger partial charge in [-0.05, 0) is 43.4 Å². The Morgan fingerprint density at radius 2 is 1.90 bits per heavy atom. The summed E-state index contributed by atoms with van der Waals surface area (Å²) >= 11 is 0. The second-order valence-corrected chi connectivity index (χ2v) is 5.46. The smallest absolute Gasteiger partial charge is 0.233 e. The topological polar surface area (TPSA) is 29.5 Å². The van der Waals surface area contributed by atoms with Crippen molar-refractivity contribution in [2.75, 3.05) is 21.2 Å². The third-order valence-corrected chi connectivity index (χ3v) is 3.83. The molecule has 1 aromatic rings. The van der Waals surface area contributed by atoms with Gasteiger partial charge in [-0.2, -0.15) is 0 Å². The lowest BCUT2D eigenvalue weighted by Crippen LogP contribution is -2.29. The third kappa shape index (κ3) is 3.21. The van der Waals surface area contributed by atoms with Gasteiger partial charge in [0, 0.05) is 14.1 Å². The molecule has 1 atom stereocenters. The molecule has 0 N–H and O–H groups in total. The van der Waals surface area contributed by atoms with Crippen LogP contribution in [0.3, 0.4) is 0 Å². The molecule has 0 spiro atoms. The summed E-state index contributed by atoms with van der Waals surface area (Å²) < 4.78 is 5.19. The lowest BCUT2D eigenvalue weighted by atomic mass is 9.83. The number of amides is 1. The van der Waals surface area contributed by atoms with Crippen LogP contribution in [0, 0.1) is 0 Å². The first kappa shape index (κ1) is 14.6. The number of carbonyl (C=O) groups excluding carboxylic acids is 1. The molecule has 0 fully saturated rings. The molecule has 0 saturated carbocycles. The fourth-order valence-electron chi connectivity index (χ4n) is 2.69. The fraction of sp³-hybridized carbons (Fsp3) is 0.471. The molecule has 1 aliphatic rings. The van der Waals surface area contributed by atoms with Crippen LogP contribution in [0.2, 0.25) is 0 Å². The minimum absolute atomic E-state index is 0.142. The molecule has 0 bridgehead atoms. The van der Waals surface area contributed by atoms with Crippen molar-refractivity contribution >= 4 is 5.91 Å². The summed E-state index contributed by atoms with van der Waals surface area (Å²) in [6.45, 7) is 0. The molecule has 1 aromatic carbocycles. The standard InChI is InChI=1S/C17H23NO2/c1-18(2)17(19)16(13-7-5-4-6-8-13)14-9-11-15(20-3)12-10-14/h7,9-12,16H,4-6,8H2,1-3H3/t16-/m0/s1. The Balaban J connectivity index is 2.34. The van der Waals surface area contributed by atoms with Crippen molar-refractivity contribution in [2.45, 2.75) is 31.6 Å². The summed E-state index contributed by atoms with van der Waals surface area (Å²) in [5.74, 6) is 0.835. The first-order chi connectivity index (χ1) is 9.63. The molecule has 0 aromatic heterocycles. The van der Waals surface area contributed by atoms with E-state index in [-0.39, 0.29) is 11.8 Å². The van der Waals surface area contributed by atoms with Crippen LogP contribution >= 0.6 is 0 Å². The Bertz CT molecular complexity index is 488. The summed E-state index contributed by atoms with van der Waals surface area (Å²) in [4.78, 5) is 14.2. The van der Waals surface area contributed by atoms with Crippen molar-refractivity contribution in [3.8, 4) is 5.75 Å². The van der Waals surface area contributed by atoms with Crippen molar-refractivity contribution in [3.63, 3.8) is 0 Å². The number of allylic oxidation sites excluding steroid dienone is 1. The number of methoxy groups -OCH3 is 1. The Morgan fingerprint density at radius 1 is 1.20 bits per heavy atom. The van der Waals surface area contributed by atoms with Crippen molar-refractivity contribution in [2.24, 2.45) is 0 Å². The van der Waals surface area contributed by atoms with E-state index in [1.165, 1.54) is 18.4 Å². The van der Waals surface area contributed by atoms with Crippen molar-refractivity contribution < 1.29 is 9.53 Å². The van der Waals surface area contributed by atoms with Crippen molar-refractivity contribution in [1.29, 1.82) is 0 Å². The van der Waals surface area contributed by atoms with Crippen LogP contribution < -0.4 is 4.74 Å². The number of hydrogen-bond donors (Lipinski definition) is 0. The molecule has 0 aliphatic heterocycles. The molecule has 1 amide bonds. The van der Waals surface area contributed by atoms with Gasteiger partial charge < -0.3 is 9.64 Å². The molecule has 0 heterocycles. The van der Waals surface area contributed by atoms with Crippen molar-refractivity contribution in [3.05, 3.63) is 41.5 Å². The normalized spacial score (nSPS) is 16.2. The maximum absolute atomic E-state index is 12.6. The number of nitrogens with zero attached hydrogens (tertiary/aromatic N) is 1. The van der Waals surface area contributed by atoms with Crippen LogP contribution in [-0.4, -0.2) is 32.0 Å². The molecule has 3 heteroatoms. The summed E-state index contributed by atoms with van der Waals surface area (Å²) in [5, 5.41) is 0. The summed E-state index contributed by atoms with van der Waals surface area (Å²) in [7, 11) is 5.30. The monoisotopic (exact) mass is 273 g/mol. The highest BCUT2D eigenvalue weighted by Gasteiger charge is 2.26. The number of carbonyl (C=O) groups is 1. The largest absolute Gasteiger partial charge is 0.497 e. The van der Waals surface area contributed by atoms with Gasteiger partial charge in [-0.25, -0.2) is 0 Å². The first-order valence-electron chi connectivity index (χ1n) is 7.17. The van der Waals surface area contributed by atoms with Gasteiger partial charge in [0.1, 0.15) is 5.75 Å². The van der Waals surface area contributed by atoms with Crippen molar-refractivity contribution in [1.82, 2.24) is 4.90 Å². The highest BCUT2D eigenvalue weighted by atomic mass is 16.5. The maximum Gasteiger partial charge on any atom is 0.233 e. The zero-order valence-corrected chi connectivity index (χ0v) is 12.6. The third-order valence-electron chi connectivity index (χ3n) is 3.83. The summed E-state index contributed by atoms with van der Waals surface area (Å²) in [6, 6.07) is 7.85. The van der Waals surface area contributed by atoms with Gasteiger partial charge in [-0.3, -0.25) is 4.79 Å². The first-order valence-corrected chi connectivity index (χ1v) is 7.17. The number of benzene rings is 1. The van der Waals surface area contributed by atoms with E-state index in [0.29, 0.717) is 0 Å². The molecular formula is C17H23NO2. The molecular weight excluding hydrogens is 250 g/mol. The molecule has 1 aliphatic carbocycles. The zero-order valence-electron chi connectivity index (χ0n) is 12.6. The lowest BCUT2D eigenvalue weighted by Gasteiger charge is -2.25. The van der Waals surface area contributed by atoms with Gasteiger partial charge in [-0.1, -0.05) is 23.8 Å². The molecule has 0 radical (unpaired) electrons. The van der Waals surface area contributed by atoms with E-state index in [2.05, 4.69) is 6.08 Å². The van der Waals surface area contributed by atoms with Gasteiger partial charge >= 0.3 is 0 Å².